The van der Waals surface area contributed by atoms with Crippen molar-refractivity contribution in [3.8, 4) is 0 Å². The molecule has 0 amide bonds. The third kappa shape index (κ3) is 14.8. The molecule has 0 aliphatic rings. The molecule has 0 aromatic heterocycles. The van der Waals surface area contributed by atoms with Crippen LogP contribution in [0.1, 0.15) is 40.0 Å². The molecular weight excluding hydrogens is 154 g/mol. The fraction of sp³-hybridized carbons (Fsp3) is 0.778. The quantitative estimate of drug-likeness (QED) is 0.311. The molecule has 11 heavy (non-hydrogen) atoms. The van der Waals surface area contributed by atoms with E-state index < -0.39 is 0 Å². The van der Waals surface area contributed by atoms with Gasteiger partial charge in [-0.05, 0) is 0 Å². The molecule has 0 saturated heterocycles. The van der Waals surface area contributed by atoms with Gasteiger partial charge in [-0.25, -0.2) is 0 Å². The SMILES string of the molecule is C[CH-]CC(C)C[CH-]CC.[Na+].[Na+]. The van der Waals surface area contributed by atoms with Gasteiger partial charge in [0.1, 0.15) is 0 Å². The smallest absolute Gasteiger partial charge is 0.331 e. The van der Waals surface area contributed by atoms with Gasteiger partial charge in [-0.1, -0.05) is 19.8 Å². The van der Waals surface area contributed by atoms with Gasteiger partial charge in [0.05, 0.1) is 0 Å². The monoisotopic (exact) mass is 172 g/mol. The second-order valence-electron chi connectivity index (χ2n) is 2.68. The van der Waals surface area contributed by atoms with Crippen LogP contribution >= 0.6 is 0 Å². The van der Waals surface area contributed by atoms with E-state index in [1.807, 2.05) is 0 Å². The van der Waals surface area contributed by atoms with Crippen LogP contribution in [0, 0.1) is 18.8 Å². The Kier molecular flexibility index (Phi) is 24.7. The van der Waals surface area contributed by atoms with Gasteiger partial charge < -0.3 is 12.8 Å². The summed E-state index contributed by atoms with van der Waals surface area (Å²) in [5, 5.41) is 0. The summed E-state index contributed by atoms with van der Waals surface area (Å²) in [4.78, 5) is 0. The maximum absolute atomic E-state index is 2.36. The molecule has 0 aromatic rings. The molecule has 0 bridgehead atoms. The minimum atomic E-state index is 0. The molecule has 0 heterocycles. The average molecular weight is 172 g/mol. The van der Waals surface area contributed by atoms with E-state index in [4.69, 9.17) is 0 Å². The second-order valence-corrected chi connectivity index (χ2v) is 2.68. The molecule has 1 unspecified atom stereocenters. The Morgan fingerprint density at radius 3 is 2.09 bits per heavy atom. The summed E-state index contributed by atoms with van der Waals surface area (Å²) in [6.07, 6.45) is 8.35. The van der Waals surface area contributed by atoms with E-state index in [2.05, 4.69) is 33.6 Å². The fourth-order valence-electron chi connectivity index (χ4n) is 0.950. The molecule has 0 spiro atoms. The van der Waals surface area contributed by atoms with Gasteiger partial charge in [0.15, 0.2) is 0 Å². The Balaban J connectivity index is -0.000000320. The Bertz CT molecular complexity index is 55.5. The van der Waals surface area contributed by atoms with Crippen LogP contribution in [0.5, 0.6) is 0 Å². The van der Waals surface area contributed by atoms with E-state index in [-0.39, 0.29) is 59.1 Å². The van der Waals surface area contributed by atoms with Crippen LogP contribution < -0.4 is 59.1 Å². The van der Waals surface area contributed by atoms with Gasteiger partial charge in [0.25, 0.3) is 0 Å². The van der Waals surface area contributed by atoms with E-state index in [0.717, 1.165) is 5.92 Å². The molecule has 0 N–H and O–H groups in total. The van der Waals surface area contributed by atoms with E-state index in [9.17, 15) is 0 Å². The molecule has 1 atom stereocenters. The minimum Gasteiger partial charge on any atom is -0.331 e. The van der Waals surface area contributed by atoms with Gasteiger partial charge in [-0.3, -0.25) is 0 Å². The second kappa shape index (κ2) is 14.5. The molecule has 56 valence electrons. The first kappa shape index (κ1) is 18.7. The summed E-state index contributed by atoms with van der Waals surface area (Å²) in [5.41, 5.74) is 0. The predicted octanol–water partition coefficient (Wildman–Crippen LogP) is -2.75. The van der Waals surface area contributed by atoms with Crippen molar-refractivity contribution in [2.45, 2.75) is 40.0 Å². The van der Waals surface area contributed by atoms with Crippen LogP contribution in [0.15, 0.2) is 0 Å². The topological polar surface area (TPSA) is 0 Å². The van der Waals surface area contributed by atoms with Crippen molar-refractivity contribution in [3.63, 3.8) is 0 Å². The zero-order valence-electron chi connectivity index (χ0n) is 8.85. The molecule has 2 heteroatoms. The van der Waals surface area contributed by atoms with Crippen molar-refractivity contribution in [3.05, 3.63) is 12.8 Å². The van der Waals surface area contributed by atoms with E-state index in [1.165, 1.54) is 19.3 Å². The molecule has 0 fully saturated rings. The molecule has 0 aliphatic heterocycles. The normalized spacial score (nSPS) is 11.2. The largest absolute Gasteiger partial charge is 1.00 e. The summed E-state index contributed by atoms with van der Waals surface area (Å²) in [6, 6.07) is 0. The van der Waals surface area contributed by atoms with Gasteiger partial charge in [0, 0.05) is 0 Å². The minimum absolute atomic E-state index is 0. The first-order chi connectivity index (χ1) is 4.31. The summed E-state index contributed by atoms with van der Waals surface area (Å²) in [7, 11) is 0. The number of hydrogen-bond acceptors (Lipinski definition) is 0. The number of hydrogen-bond donors (Lipinski definition) is 0. The maximum atomic E-state index is 2.36. The molecule has 0 aromatic carbocycles. The summed E-state index contributed by atoms with van der Waals surface area (Å²) in [5.74, 6) is 0.856. The maximum Gasteiger partial charge on any atom is 1.00 e. The van der Waals surface area contributed by atoms with Crippen LogP contribution in [-0.4, -0.2) is 0 Å². The Morgan fingerprint density at radius 1 is 1.18 bits per heavy atom. The fourth-order valence-corrected chi connectivity index (χ4v) is 0.950. The third-order valence-electron chi connectivity index (χ3n) is 1.50. The van der Waals surface area contributed by atoms with Crippen molar-refractivity contribution in [2.24, 2.45) is 5.92 Å². The predicted molar refractivity (Wildman–Crippen MR) is 43.0 cm³/mol. The van der Waals surface area contributed by atoms with Crippen LogP contribution in [0.3, 0.4) is 0 Å². The van der Waals surface area contributed by atoms with Crippen molar-refractivity contribution >= 4 is 0 Å². The first-order valence-corrected chi connectivity index (χ1v) is 3.90. The van der Waals surface area contributed by atoms with Crippen molar-refractivity contribution in [2.75, 3.05) is 0 Å². The zero-order valence-corrected chi connectivity index (χ0v) is 12.9. The number of unbranched alkanes of at least 4 members (excludes halogenated alkanes) is 1. The van der Waals surface area contributed by atoms with E-state index >= 15 is 0 Å². The van der Waals surface area contributed by atoms with Crippen LogP contribution in [0.2, 0.25) is 0 Å². The van der Waals surface area contributed by atoms with E-state index in [0.29, 0.717) is 0 Å². The van der Waals surface area contributed by atoms with Crippen LogP contribution in [-0.2, 0) is 0 Å². The molecule has 0 rings (SSSR count). The summed E-state index contributed by atoms with van der Waals surface area (Å²) in [6.45, 7) is 6.62. The average Bonchev–Trinajstić information content (AvgIpc) is 1.85. The van der Waals surface area contributed by atoms with Crippen LogP contribution in [0.25, 0.3) is 0 Å². The molecular formula is C9H18Na2. The Labute approximate surface area is 116 Å². The van der Waals surface area contributed by atoms with Gasteiger partial charge in [-0.15, -0.1) is 0 Å². The third-order valence-corrected chi connectivity index (χ3v) is 1.50. The molecule has 0 radical (unpaired) electrons. The van der Waals surface area contributed by atoms with Gasteiger partial charge >= 0.3 is 59.1 Å². The molecule has 0 aliphatic carbocycles. The summed E-state index contributed by atoms with van der Waals surface area (Å²) >= 11 is 0. The van der Waals surface area contributed by atoms with Gasteiger partial charge in [-0.2, -0.15) is 26.2 Å². The molecule has 0 nitrogen and oxygen atoms in total. The standard InChI is InChI=1S/C9H18.2Na/c1-4-6-8-9(3)7-5-2;;/h5-6,9H,4,7-8H2,1-3H3;;/q-2;2*+1. The Morgan fingerprint density at radius 2 is 1.73 bits per heavy atom. The van der Waals surface area contributed by atoms with Crippen molar-refractivity contribution in [1.29, 1.82) is 0 Å². The number of rotatable bonds is 5. The molecule has 0 saturated carbocycles. The van der Waals surface area contributed by atoms with Crippen molar-refractivity contribution in [1.82, 2.24) is 0 Å². The van der Waals surface area contributed by atoms with Gasteiger partial charge in [0.2, 0.25) is 0 Å². The first-order valence-electron chi connectivity index (χ1n) is 3.90. The summed E-state index contributed by atoms with van der Waals surface area (Å²) < 4.78 is 0. The zero-order chi connectivity index (χ0) is 7.11. The Hall–Kier alpha value is 2.00. The van der Waals surface area contributed by atoms with Crippen molar-refractivity contribution < 1.29 is 59.1 Å². The van der Waals surface area contributed by atoms with Crippen LogP contribution in [0.4, 0.5) is 0 Å². The van der Waals surface area contributed by atoms with E-state index in [1.54, 1.807) is 0 Å².